The standard InChI is InChI=1S/C34H31N2OS.C18H24GeN.Ir/c1-21(2)26-17-24(23-11-7-6-8-12-23)18-27(22(3)4)33(26)36-31-14-10-9-13-30(31)35-34(36)29-20-37-32-16-15-25(38-5)19-28(29)32;1-14(2)11-16-12-18(15-9-7-6-8-10-15)20-13-17(16)19(3,4)5;/h6-19,21-22H,1-5H3;6-9,12-14H,11H2,1-5H3;/q2*-1;. The predicted molar refractivity (Wildman–Crippen MR) is 251 cm³/mol. The van der Waals surface area contributed by atoms with Crippen LogP contribution in [0.1, 0.15) is 70.1 Å². The molecular weight excluding hydrogens is 979 g/mol. The Morgan fingerprint density at radius 1 is 0.763 bits per heavy atom. The molecule has 59 heavy (non-hydrogen) atoms. The second-order valence-corrected chi connectivity index (χ2v) is 28.7. The van der Waals surface area contributed by atoms with Gasteiger partial charge >= 0.3 is 126 Å². The fourth-order valence-corrected chi connectivity index (χ4v) is 11.5. The maximum atomic E-state index is 5.93. The van der Waals surface area contributed by atoms with Gasteiger partial charge in [0.1, 0.15) is 0 Å². The van der Waals surface area contributed by atoms with E-state index in [1.807, 2.05) is 24.3 Å². The number of para-hydroxylation sites is 2. The zero-order chi connectivity index (χ0) is 41.1. The van der Waals surface area contributed by atoms with E-state index in [1.54, 1.807) is 16.2 Å². The van der Waals surface area contributed by atoms with E-state index in [2.05, 4.69) is 179 Å². The molecule has 0 saturated heterocycles. The number of aromatic nitrogens is 3. The number of fused-ring (bicyclic) bond motifs is 2. The summed E-state index contributed by atoms with van der Waals surface area (Å²) in [5.74, 6) is 9.48. The third-order valence-corrected chi connectivity index (χ3v) is 15.7. The van der Waals surface area contributed by atoms with Crippen LogP contribution in [0.15, 0.2) is 131 Å². The molecule has 0 unspecified atom stereocenters. The number of benzene rings is 5. The van der Waals surface area contributed by atoms with Crippen LogP contribution >= 0.6 is 11.8 Å². The molecule has 3 heterocycles. The van der Waals surface area contributed by atoms with Gasteiger partial charge in [-0.1, -0.05) is 99.3 Å². The van der Waals surface area contributed by atoms with Crippen LogP contribution in [-0.2, 0) is 26.5 Å². The van der Waals surface area contributed by atoms with Crippen LogP contribution in [0.4, 0.5) is 0 Å². The Morgan fingerprint density at radius 3 is 2.07 bits per heavy atom. The zero-order valence-electron chi connectivity index (χ0n) is 36.0. The van der Waals surface area contributed by atoms with Crippen molar-refractivity contribution in [2.24, 2.45) is 5.92 Å². The molecule has 0 aliphatic heterocycles. The topological polar surface area (TPSA) is 43.9 Å². The fraction of sp³-hybridized carbons (Fsp3) is 0.269. The molecule has 0 saturated carbocycles. The summed E-state index contributed by atoms with van der Waals surface area (Å²) in [5.41, 5.74) is 13.7. The molecule has 8 aromatic rings. The number of thioether (sulfide) groups is 1. The normalized spacial score (nSPS) is 11.7. The molecule has 3 aromatic heterocycles. The van der Waals surface area contributed by atoms with Crippen molar-refractivity contribution in [3.8, 4) is 39.5 Å². The number of nitrogens with zero attached hydrogens (tertiary/aromatic N) is 3. The van der Waals surface area contributed by atoms with Gasteiger partial charge in [0, 0.05) is 37.6 Å². The van der Waals surface area contributed by atoms with E-state index in [-0.39, 0.29) is 20.1 Å². The van der Waals surface area contributed by atoms with E-state index < -0.39 is 13.3 Å². The van der Waals surface area contributed by atoms with Gasteiger partial charge in [-0.25, -0.2) is 0 Å². The maximum absolute atomic E-state index is 5.93. The summed E-state index contributed by atoms with van der Waals surface area (Å²) in [6.07, 6.45) is 8.59. The number of hydrogen-bond acceptors (Lipinski definition) is 4. The summed E-state index contributed by atoms with van der Waals surface area (Å²) in [7, 11) is 0. The minimum Gasteiger partial charge on any atom is -0.557 e. The molecule has 0 bridgehead atoms. The van der Waals surface area contributed by atoms with Crippen LogP contribution in [-0.4, -0.2) is 34.1 Å². The van der Waals surface area contributed by atoms with Gasteiger partial charge in [0.05, 0.1) is 16.9 Å². The summed E-state index contributed by atoms with van der Waals surface area (Å²) in [4.78, 5) is 11.1. The molecule has 0 fully saturated rings. The number of imidazole rings is 1. The first-order chi connectivity index (χ1) is 27.8. The van der Waals surface area contributed by atoms with E-state index in [0.29, 0.717) is 17.8 Å². The van der Waals surface area contributed by atoms with Gasteiger partial charge in [-0.05, 0) is 69.5 Å². The zero-order valence-corrected chi connectivity index (χ0v) is 41.3. The SMILES string of the molecule is CC(C)Cc1cc(-c2[c-]cccc2)nc[c]1[Ge]([CH3])([CH3])[CH3].CSc1ccc2o[c-]c(-c3nc4ccccc4n3-c3c(C(C)C)cc(-c4ccccc4)cc3C(C)C)c2c1.[Ir]. The van der Waals surface area contributed by atoms with Crippen LogP contribution in [0.5, 0.6) is 0 Å². The Balaban J connectivity index is 0.000000236. The molecule has 0 aliphatic rings. The minimum absolute atomic E-state index is 0. The van der Waals surface area contributed by atoms with Crippen molar-refractivity contribution >= 4 is 51.4 Å². The van der Waals surface area contributed by atoms with Crippen LogP contribution in [0.25, 0.3) is 61.5 Å². The van der Waals surface area contributed by atoms with Gasteiger partial charge in [0.25, 0.3) is 0 Å². The number of hydrogen-bond donors (Lipinski definition) is 0. The monoisotopic (exact) mass is 1040 g/mol. The molecule has 4 nitrogen and oxygen atoms in total. The Hall–Kier alpha value is -4.20. The van der Waals surface area contributed by atoms with Crippen molar-refractivity contribution in [3.63, 3.8) is 0 Å². The summed E-state index contributed by atoms with van der Waals surface area (Å²) in [6.45, 7) is 13.7. The number of furan rings is 1. The fourth-order valence-electron chi connectivity index (χ4n) is 7.76. The van der Waals surface area contributed by atoms with Gasteiger partial charge in [-0.3, -0.25) is 4.98 Å². The third-order valence-electron chi connectivity index (χ3n) is 10.7. The average molecular weight is 1030 g/mol. The van der Waals surface area contributed by atoms with Crippen molar-refractivity contribution in [2.75, 3.05) is 6.26 Å². The number of pyridine rings is 1. The summed E-state index contributed by atoms with van der Waals surface area (Å²) >= 11 is -0.132. The van der Waals surface area contributed by atoms with E-state index in [9.17, 15) is 0 Å². The Labute approximate surface area is 372 Å². The van der Waals surface area contributed by atoms with Crippen molar-refractivity contribution in [1.29, 1.82) is 0 Å². The van der Waals surface area contributed by atoms with Gasteiger partial charge in [-0.15, -0.1) is 11.8 Å². The van der Waals surface area contributed by atoms with Crippen LogP contribution in [0, 0.1) is 18.2 Å². The van der Waals surface area contributed by atoms with Crippen molar-refractivity contribution in [1.82, 2.24) is 14.5 Å². The van der Waals surface area contributed by atoms with Crippen molar-refractivity contribution in [2.45, 2.75) is 82.0 Å². The molecule has 1 radical (unpaired) electrons. The molecule has 8 rings (SSSR count). The van der Waals surface area contributed by atoms with E-state index >= 15 is 0 Å². The van der Waals surface area contributed by atoms with Gasteiger partial charge in [-0.2, -0.15) is 0 Å². The Kier molecular flexibility index (Phi) is 14.3. The summed E-state index contributed by atoms with van der Waals surface area (Å²) in [6, 6.07) is 43.8. The smallest absolute Gasteiger partial charge is 0.0774 e. The first-order valence-corrected chi connectivity index (χ1v) is 29.1. The summed E-state index contributed by atoms with van der Waals surface area (Å²) < 4.78 is 9.82. The number of rotatable bonds is 10. The van der Waals surface area contributed by atoms with Crippen molar-refractivity contribution < 1.29 is 24.5 Å². The molecule has 0 aliphatic carbocycles. The van der Waals surface area contributed by atoms with E-state index in [0.717, 1.165) is 51.1 Å². The largest absolute Gasteiger partial charge is 0.557 e. The molecule has 7 heteroatoms. The van der Waals surface area contributed by atoms with Crippen molar-refractivity contribution in [3.05, 3.63) is 150 Å². The predicted octanol–water partition coefficient (Wildman–Crippen LogP) is 14.2. The summed E-state index contributed by atoms with van der Waals surface area (Å²) in [5, 5.41) is 1.03. The Bertz CT molecular complexity index is 2630. The van der Waals surface area contributed by atoms with Crippen LogP contribution in [0.3, 0.4) is 0 Å². The molecule has 305 valence electrons. The quantitative estimate of drug-likeness (QED) is 0.0778. The van der Waals surface area contributed by atoms with Gasteiger partial charge < -0.3 is 8.98 Å². The average Bonchev–Trinajstić information content (AvgIpc) is 3.81. The molecule has 0 N–H and O–H groups in total. The first kappa shape index (κ1) is 44.4. The third kappa shape index (κ3) is 9.73. The molecule has 0 amide bonds. The molecular formula is C52H55GeIrN3OS-2. The van der Waals surface area contributed by atoms with Crippen LogP contribution < -0.4 is 4.40 Å². The van der Waals surface area contributed by atoms with Gasteiger partial charge in [0.2, 0.25) is 0 Å². The van der Waals surface area contributed by atoms with E-state index in [1.165, 1.54) is 38.4 Å². The van der Waals surface area contributed by atoms with Gasteiger partial charge in [0.15, 0.2) is 0 Å². The minimum atomic E-state index is -1.86. The second kappa shape index (κ2) is 19.0. The molecule has 0 spiro atoms. The molecule has 5 aromatic carbocycles. The van der Waals surface area contributed by atoms with Crippen LogP contribution in [0.2, 0.25) is 17.3 Å². The molecule has 0 atom stereocenters. The van der Waals surface area contributed by atoms with E-state index in [4.69, 9.17) is 14.4 Å². The maximum Gasteiger partial charge on any atom is 0.0774 e. The first-order valence-electron chi connectivity index (χ1n) is 20.5. The second-order valence-electron chi connectivity index (χ2n) is 17.2. The Morgan fingerprint density at radius 2 is 1.44 bits per heavy atom.